The van der Waals surface area contributed by atoms with Gasteiger partial charge >= 0.3 is 5.63 Å². The molecule has 0 amide bonds. The van der Waals surface area contributed by atoms with Crippen LogP contribution in [0.4, 0.5) is 5.69 Å². The average molecular weight is 462 g/mol. The Labute approximate surface area is 202 Å². The van der Waals surface area contributed by atoms with Gasteiger partial charge in [-0.3, -0.25) is 0 Å². The van der Waals surface area contributed by atoms with Crippen molar-refractivity contribution < 1.29 is 13.9 Å². The molecule has 1 aliphatic heterocycles. The van der Waals surface area contributed by atoms with Gasteiger partial charge in [0.2, 0.25) is 0 Å². The summed E-state index contributed by atoms with van der Waals surface area (Å²) in [5, 5.41) is 0.893. The zero-order valence-electron chi connectivity index (χ0n) is 19.0. The van der Waals surface area contributed by atoms with Crippen LogP contribution < -0.4 is 20.0 Å². The van der Waals surface area contributed by atoms with E-state index in [1.807, 2.05) is 97.1 Å². The molecule has 5 heteroatoms. The fourth-order valence-electron chi connectivity index (χ4n) is 4.45. The molecule has 0 radical (unpaired) electrons. The topological polar surface area (TPSA) is 51.9 Å². The van der Waals surface area contributed by atoms with E-state index in [4.69, 9.17) is 13.9 Å². The number of rotatable bonds is 5. The lowest BCUT2D eigenvalue weighted by molar-refractivity contribution is 0.288. The third-order valence-electron chi connectivity index (χ3n) is 6.23. The van der Waals surface area contributed by atoms with E-state index < -0.39 is 0 Å². The first-order valence-electron chi connectivity index (χ1n) is 11.5. The molecule has 35 heavy (non-hydrogen) atoms. The zero-order valence-corrected chi connectivity index (χ0v) is 19.0. The van der Waals surface area contributed by atoms with Crippen molar-refractivity contribution in [3.05, 3.63) is 125 Å². The van der Waals surface area contributed by atoms with Crippen molar-refractivity contribution in [1.82, 2.24) is 0 Å². The second kappa shape index (κ2) is 9.03. The minimum atomic E-state index is -0.373. The highest BCUT2D eigenvalue weighted by Crippen LogP contribution is 2.37. The lowest BCUT2D eigenvalue weighted by Gasteiger charge is -2.31. The first kappa shape index (κ1) is 21.1. The van der Waals surface area contributed by atoms with Crippen LogP contribution in [-0.4, -0.2) is 6.73 Å². The predicted molar refractivity (Wildman–Crippen MR) is 137 cm³/mol. The molecule has 0 saturated carbocycles. The van der Waals surface area contributed by atoms with Gasteiger partial charge in [-0.1, -0.05) is 60.7 Å². The number of hydrogen-bond acceptors (Lipinski definition) is 5. The van der Waals surface area contributed by atoms with Crippen molar-refractivity contribution in [2.24, 2.45) is 0 Å². The van der Waals surface area contributed by atoms with Crippen LogP contribution >= 0.6 is 0 Å². The quantitative estimate of drug-likeness (QED) is 0.284. The molecule has 0 unspecified atom stereocenters. The van der Waals surface area contributed by atoms with E-state index in [1.54, 1.807) is 6.07 Å². The first-order chi connectivity index (χ1) is 17.2. The Hall–Kier alpha value is -4.51. The van der Waals surface area contributed by atoms with E-state index in [1.165, 1.54) is 0 Å². The Morgan fingerprint density at radius 1 is 0.829 bits per heavy atom. The largest absolute Gasteiger partial charge is 0.489 e. The summed E-state index contributed by atoms with van der Waals surface area (Å²) in [5.41, 5.74) is 5.03. The summed E-state index contributed by atoms with van der Waals surface area (Å²) in [5.74, 6) is 1.55. The molecule has 1 aliphatic rings. The van der Waals surface area contributed by atoms with Gasteiger partial charge in [0.1, 0.15) is 23.7 Å². The van der Waals surface area contributed by atoms with Crippen LogP contribution in [0.15, 0.2) is 112 Å². The lowest BCUT2D eigenvalue weighted by Crippen LogP contribution is -2.32. The minimum Gasteiger partial charge on any atom is -0.489 e. The van der Waals surface area contributed by atoms with Gasteiger partial charge in [-0.25, -0.2) is 4.79 Å². The van der Waals surface area contributed by atoms with E-state index in [2.05, 4.69) is 4.90 Å². The van der Waals surface area contributed by atoms with Crippen LogP contribution in [0.3, 0.4) is 0 Å². The molecule has 0 atom stereocenters. The Balaban J connectivity index is 1.28. The fourth-order valence-corrected chi connectivity index (χ4v) is 4.45. The summed E-state index contributed by atoms with van der Waals surface area (Å²) in [7, 11) is 0. The third kappa shape index (κ3) is 4.24. The molecular weight excluding hydrogens is 438 g/mol. The maximum Gasteiger partial charge on any atom is 0.336 e. The van der Waals surface area contributed by atoms with Gasteiger partial charge in [0.25, 0.3) is 0 Å². The normalized spacial score (nSPS) is 12.7. The fraction of sp³-hybridized carbons (Fsp3) is 0.100. The molecule has 172 valence electrons. The van der Waals surface area contributed by atoms with Crippen molar-refractivity contribution >= 4 is 16.7 Å². The third-order valence-corrected chi connectivity index (χ3v) is 6.23. The summed E-state index contributed by atoms with van der Waals surface area (Å²) in [4.78, 5) is 14.6. The molecule has 0 fully saturated rings. The molecule has 0 bridgehead atoms. The van der Waals surface area contributed by atoms with Crippen LogP contribution in [0.25, 0.3) is 22.1 Å². The molecule has 1 aromatic heterocycles. The molecular formula is C30H23NO4. The van der Waals surface area contributed by atoms with E-state index in [0.717, 1.165) is 44.8 Å². The highest BCUT2D eigenvalue weighted by Gasteiger charge is 2.23. The van der Waals surface area contributed by atoms with Crippen molar-refractivity contribution in [2.45, 2.75) is 13.2 Å². The average Bonchev–Trinajstić information content (AvgIpc) is 2.92. The van der Waals surface area contributed by atoms with Crippen LogP contribution in [0.2, 0.25) is 0 Å². The standard InChI is InChI=1S/C30H23NO4/c32-29-17-26(22-9-5-2-6-10-22)25-15-16-28-27(30(25)35-29)18-31(20-34-28)23-11-13-24(14-12-23)33-19-21-7-3-1-4-8-21/h1-17H,18-20H2. The van der Waals surface area contributed by atoms with E-state index in [0.29, 0.717) is 25.5 Å². The smallest absolute Gasteiger partial charge is 0.336 e. The highest BCUT2D eigenvalue weighted by atomic mass is 16.5. The molecule has 2 heterocycles. The van der Waals surface area contributed by atoms with Crippen LogP contribution in [0, 0.1) is 0 Å². The molecule has 0 N–H and O–H groups in total. The first-order valence-corrected chi connectivity index (χ1v) is 11.5. The number of anilines is 1. The molecule has 6 rings (SSSR count). The predicted octanol–water partition coefficient (Wildman–Crippen LogP) is 6.40. The second-order valence-electron chi connectivity index (χ2n) is 8.50. The lowest BCUT2D eigenvalue weighted by atomic mass is 9.99. The number of hydrogen-bond donors (Lipinski definition) is 0. The van der Waals surface area contributed by atoms with Gasteiger partial charge in [-0.05, 0) is 53.1 Å². The number of nitrogens with zero attached hydrogens (tertiary/aromatic N) is 1. The van der Waals surface area contributed by atoms with Gasteiger partial charge in [0.15, 0.2) is 6.73 Å². The Morgan fingerprint density at radius 3 is 2.34 bits per heavy atom. The Kier molecular flexibility index (Phi) is 5.43. The van der Waals surface area contributed by atoms with Gasteiger partial charge in [0, 0.05) is 17.1 Å². The van der Waals surface area contributed by atoms with E-state index in [9.17, 15) is 4.79 Å². The van der Waals surface area contributed by atoms with Crippen LogP contribution in [0.1, 0.15) is 11.1 Å². The van der Waals surface area contributed by atoms with E-state index in [-0.39, 0.29) is 5.63 Å². The molecule has 0 saturated heterocycles. The van der Waals surface area contributed by atoms with E-state index >= 15 is 0 Å². The van der Waals surface area contributed by atoms with Gasteiger partial charge in [-0.2, -0.15) is 0 Å². The maximum absolute atomic E-state index is 12.5. The Bertz CT molecular complexity index is 1530. The SMILES string of the molecule is O=c1cc(-c2ccccc2)c2ccc3c(c2o1)CN(c1ccc(OCc2ccccc2)cc1)CO3. The summed E-state index contributed by atoms with van der Waals surface area (Å²) in [6.45, 7) is 1.50. The number of ether oxygens (including phenoxy) is 2. The van der Waals surface area contributed by atoms with Crippen molar-refractivity contribution in [1.29, 1.82) is 0 Å². The van der Waals surface area contributed by atoms with Gasteiger partial charge in [0.05, 0.1) is 12.1 Å². The summed E-state index contributed by atoms with van der Waals surface area (Å²) in [6.07, 6.45) is 0. The molecule has 5 nitrogen and oxygen atoms in total. The maximum atomic E-state index is 12.5. The van der Waals surface area contributed by atoms with Crippen LogP contribution in [0.5, 0.6) is 11.5 Å². The summed E-state index contributed by atoms with van der Waals surface area (Å²) in [6, 6.07) is 33.4. The second-order valence-corrected chi connectivity index (χ2v) is 8.50. The van der Waals surface area contributed by atoms with Crippen molar-refractivity contribution in [3.63, 3.8) is 0 Å². The number of benzene rings is 4. The minimum absolute atomic E-state index is 0.373. The number of fused-ring (bicyclic) bond motifs is 3. The molecule has 0 spiro atoms. The van der Waals surface area contributed by atoms with Crippen LogP contribution in [-0.2, 0) is 13.2 Å². The molecule has 5 aromatic rings. The summed E-state index contributed by atoms with van der Waals surface area (Å²) < 4.78 is 17.7. The molecule has 0 aliphatic carbocycles. The zero-order chi connectivity index (χ0) is 23.6. The summed E-state index contributed by atoms with van der Waals surface area (Å²) >= 11 is 0. The van der Waals surface area contributed by atoms with Crippen molar-refractivity contribution in [2.75, 3.05) is 11.6 Å². The van der Waals surface area contributed by atoms with Gasteiger partial charge in [-0.15, -0.1) is 0 Å². The monoisotopic (exact) mass is 461 g/mol. The van der Waals surface area contributed by atoms with Crippen molar-refractivity contribution in [3.8, 4) is 22.6 Å². The Morgan fingerprint density at radius 2 is 1.57 bits per heavy atom. The molecule has 4 aromatic carbocycles. The van der Waals surface area contributed by atoms with Gasteiger partial charge < -0.3 is 18.8 Å². The highest BCUT2D eigenvalue weighted by molar-refractivity contribution is 5.96.